The fraction of sp³-hybridized carbons (Fsp3) is 0.545. The van der Waals surface area contributed by atoms with Crippen molar-refractivity contribution in [1.29, 1.82) is 0 Å². The molecule has 1 aliphatic rings. The Bertz CT molecular complexity index is 371. The highest BCUT2D eigenvalue weighted by atomic mass is 19.3. The number of hydrogen-bond acceptors (Lipinski definition) is 3. The Morgan fingerprint density at radius 3 is 2.56 bits per heavy atom. The quantitative estimate of drug-likeness (QED) is 0.727. The highest BCUT2D eigenvalue weighted by Crippen LogP contribution is 2.37. The standard InChI is InChI=1S/C11H12F2N2O/c12-11(13)3-1-8(2-4-11)10(16)9-7-14-5-6-15-9/h5-8H,1-4H2. The van der Waals surface area contributed by atoms with Gasteiger partial charge in [-0.15, -0.1) is 0 Å². The molecule has 0 atom stereocenters. The van der Waals surface area contributed by atoms with Crippen LogP contribution in [-0.2, 0) is 0 Å². The van der Waals surface area contributed by atoms with Gasteiger partial charge < -0.3 is 0 Å². The summed E-state index contributed by atoms with van der Waals surface area (Å²) < 4.78 is 25.8. The predicted octanol–water partition coefficient (Wildman–Crippen LogP) is 2.48. The number of carbonyl (C=O) groups is 1. The lowest BCUT2D eigenvalue weighted by Gasteiger charge is -2.26. The van der Waals surface area contributed by atoms with E-state index in [4.69, 9.17) is 0 Å². The van der Waals surface area contributed by atoms with Crippen molar-refractivity contribution >= 4 is 5.78 Å². The van der Waals surface area contributed by atoms with Gasteiger partial charge in [0.15, 0.2) is 5.78 Å². The molecule has 5 heteroatoms. The summed E-state index contributed by atoms with van der Waals surface area (Å²) >= 11 is 0. The van der Waals surface area contributed by atoms with Crippen LogP contribution in [0.15, 0.2) is 18.6 Å². The van der Waals surface area contributed by atoms with E-state index in [0.717, 1.165) is 0 Å². The molecule has 0 unspecified atom stereocenters. The number of aromatic nitrogens is 2. The van der Waals surface area contributed by atoms with Crippen molar-refractivity contribution in [3.05, 3.63) is 24.3 Å². The van der Waals surface area contributed by atoms with Crippen LogP contribution >= 0.6 is 0 Å². The van der Waals surface area contributed by atoms with E-state index in [1.165, 1.54) is 18.6 Å². The van der Waals surface area contributed by atoms with Gasteiger partial charge in [0.1, 0.15) is 5.69 Å². The molecule has 1 heterocycles. The van der Waals surface area contributed by atoms with Crippen molar-refractivity contribution in [2.45, 2.75) is 31.6 Å². The summed E-state index contributed by atoms with van der Waals surface area (Å²) in [5.41, 5.74) is 0.276. The molecular formula is C11H12F2N2O. The third kappa shape index (κ3) is 2.40. The van der Waals surface area contributed by atoms with Crippen molar-refractivity contribution in [3.63, 3.8) is 0 Å². The molecule has 1 aromatic heterocycles. The van der Waals surface area contributed by atoms with E-state index in [2.05, 4.69) is 9.97 Å². The second-order valence-electron chi connectivity index (χ2n) is 4.09. The molecule has 0 bridgehead atoms. The first-order chi connectivity index (χ1) is 7.58. The number of ketones is 1. The lowest BCUT2D eigenvalue weighted by molar-refractivity contribution is -0.0424. The van der Waals surface area contributed by atoms with Crippen LogP contribution in [0, 0.1) is 5.92 Å². The molecule has 1 saturated carbocycles. The van der Waals surface area contributed by atoms with Gasteiger partial charge in [-0.2, -0.15) is 0 Å². The highest BCUT2D eigenvalue weighted by Gasteiger charge is 2.37. The third-order valence-corrected chi connectivity index (χ3v) is 2.90. The predicted molar refractivity (Wildman–Crippen MR) is 53.3 cm³/mol. The van der Waals surface area contributed by atoms with Crippen LogP contribution in [0.5, 0.6) is 0 Å². The van der Waals surface area contributed by atoms with Crippen molar-refractivity contribution in [3.8, 4) is 0 Å². The van der Waals surface area contributed by atoms with E-state index in [1.54, 1.807) is 0 Å². The molecule has 1 fully saturated rings. The second kappa shape index (κ2) is 4.23. The second-order valence-corrected chi connectivity index (χ2v) is 4.09. The number of Topliss-reactive ketones (excluding diaryl/α,β-unsaturated/α-hetero) is 1. The molecule has 2 rings (SSSR count). The van der Waals surface area contributed by atoms with Crippen LogP contribution in [0.2, 0.25) is 0 Å². The normalized spacial score (nSPS) is 20.6. The zero-order chi connectivity index (χ0) is 11.6. The Morgan fingerprint density at radius 1 is 1.31 bits per heavy atom. The van der Waals surface area contributed by atoms with E-state index >= 15 is 0 Å². The van der Waals surface area contributed by atoms with Crippen LogP contribution in [0.3, 0.4) is 0 Å². The molecule has 0 spiro atoms. The summed E-state index contributed by atoms with van der Waals surface area (Å²) in [4.78, 5) is 19.6. The van der Waals surface area contributed by atoms with Gasteiger partial charge in [0.2, 0.25) is 5.92 Å². The summed E-state index contributed by atoms with van der Waals surface area (Å²) in [7, 11) is 0. The van der Waals surface area contributed by atoms with Crippen molar-refractivity contribution in [1.82, 2.24) is 9.97 Å². The minimum absolute atomic E-state index is 0.163. The van der Waals surface area contributed by atoms with Gasteiger partial charge >= 0.3 is 0 Å². The van der Waals surface area contributed by atoms with Gasteiger partial charge in [0.05, 0.1) is 6.20 Å². The van der Waals surface area contributed by atoms with E-state index in [0.29, 0.717) is 0 Å². The first-order valence-electron chi connectivity index (χ1n) is 5.26. The molecule has 3 nitrogen and oxygen atoms in total. The Hall–Kier alpha value is -1.39. The van der Waals surface area contributed by atoms with E-state index < -0.39 is 5.92 Å². The number of nitrogens with zero attached hydrogens (tertiary/aromatic N) is 2. The van der Waals surface area contributed by atoms with E-state index in [1.807, 2.05) is 0 Å². The minimum atomic E-state index is -2.60. The van der Waals surface area contributed by atoms with Gasteiger partial charge in [-0.1, -0.05) is 0 Å². The average Bonchev–Trinajstić information content (AvgIpc) is 2.29. The van der Waals surface area contributed by atoms with Crippen LogP contribution in [-0.4, -0.2) is 21.7 Å². The van der Waals surface area contributed by atoms with Gasteiger partial charge in [-0.25, -0.2) is 13.8 Å². The molecule has 0 aliphatic heterocycles. The smallest absolute Gasteiger partial charge is 0.248 e. The molecule has 1 aromatic rings. The van der Waals surface area contributed by atoms with Crippen molar-refractivity contribution < 1.29 is 13.6 Å². The number of halogens is 2. The first-order valence-corrected chi connectivity index (χ1v) is 5.26. The molecule has 0 saturated heterocycles. The minimum Gasteiger partial charge on any atom is -0.292 e. The lowest BCUT2D eigenvalue weighted by atomic mass is 9.83. The van der Waals surface area contributed by atoms with Crippen LogP contribution in [0.1, 0.15) is 36.2 Å². The number of hydrogen-bond donors (Lipinski definition) is 0. The maximum atomic E-state index is 12.9. The molecular weight excluding hydrogens is 214 g/mol. The fourth-order valence-corrected chi connectivity index (χ4v) is 1.94. The van der Waals surface area contributed by atoms with Crippen LogP contribution < -0.4 is 0 Å². The van der Waals surface area contributed by atoms with Gasteiger partial charge in [-0.05, 0) is 12.8 Å². The zero-order valence-electron chi connectivity index (χ0n) is 8.70. The molecule has 0 N–H and O–H groups in total. The number of rotatable bonds is 2. The maximum absolute atomic E-state index is 12.9. The van der Waals surface area contributed by atoms with Crippen molar-refractivity contribution in [2.75, 3.05) is 0 Å². The monoisotopic (exact) mass is 226 g/mol. The molecule has 16 heavy (non-hydrogen) atoms. The summed E-state index contributed by atoms with van der Waals surface area (Å²) in [6.07, 6.45) is 4.36. The van der Waals surface area contributed by atoms with Gasteiger partial charge in [0, 0.05) is 31.2 Å². The number of alkyl halides is 2. The molecule has 1 aliphatic carbocycles. The Labute approximate surface area is 91.9 Å². The van der Waals surface area contributed by atoms with Crippen LogP contribution in [0.4, 0.5) is 8.78 Å². The Kier molecular flexibility index (Phi) is 2.94. The SMILES string of the molecule is O=C(c1cnccn1)C1CCC(F)(F)CC1. The molecule has 0 radical (unpaired) electrons. The van der Waals surface area contributed by atoms with Crippen LogP contribution in [0.25, 0.3) is 0 Å². The lowest BCUT2D eigenvalue weighted by Crippen LogP contribution is -2.29. The van der Waals surface area contributed by atoms with E-state index in [-0.39, 0.29) is 43.1 Å². The summed E-state index contributed by atoms with van der Waals surface area (Å²) in [5, 5.41) is 0. The Balaban J connectivity index is 2.03. The summed E-state index contributed by atoms with van der Waals surface area (Å²) in [5.74, 6) is -3.08. The Morgan fingerprint density at radius 2 is 2.00 bits per heavy atom. The largest absolute Gasteiger partial charge is 0.292 e. The summed E-state index contributed by atoms with van der Waals surface area (Å²) in [6.45, 7) is 0. The topological polar surface area (TPSA) is 42.9 Å². The molecule has 0 amide bonds. The number of carbonyl (C=O) groups excluding carboxylic acids is 1. The summed E-state index contributed by atoms with van der Waals surface area (Å²) in [6, 6.07) is 0. The van der Waals surface area contributed by atoms with E-state index in [9.17, 15) is 13.6 Å². The average molecular weight is 226 g/mol. The van der Waals surface area contributed by atoms with Crippen molar-refractivity contribution in [2.24, 2.45) is 5.92 Å². The third-order valence-electron chi connectivity index (χ3n) is 2.90. The molecule has 0 aromatic carbocycles. The fourth-order valence-electron chi connectivity index (χ4n) is 1.94. The first kappa shape index (κ1) is 11.1. The molecule has 86 valence electrons. The maximum Gasteiger partial charge on any atom is 0.248 e. The van der Waals surface area contributed by atoms with Gasteiger partial charge in [0.25, 0.3) is 0 Å². The zero-order valence-corrected chi connectivity index (χ0v) is 8.70. The van der Waals surface area contributed by atoms with Gasteiger partial charge in [-0.3, -0.25) is 9.78 Å². The highest BCUT2D eigenvalue weighted by molar-refractivity contribution is 5.95.